The van der Waals surface area contributed by atoms with Crippen molar-refractivity contribution in [2.75, 3.05) is 7.05 Å². The van der Waals surface area contributed by atoms with E-state index >= 15 is 0 Å². The molecule has 1 aliphatic rings. The van der Waals surface area contributed by atoms with E-state index in [0.29, 0.717) is 18.6 Å². The van der Waals surface area contributed by atoms with E-state index in [-0.39, 0.29) is 5.82 Å². The van der Waals surface area contributed by atoms with Crippen molar-refractivity contribution in [2.24, 2.45) is 5.73 Å². The maximum absolute atomic E-state index is 13.7. The normalized spacial score (nSPS) is 24.5. The summed E-state index contributed by atoms with van der Waals surface area (Å²) in [6, 6.07) is 6.24. The Labute approximate surface area is 109 Å². The number of halogens is 1. The summed E-state index contributed by atoms with van der Waals surface area (Å²) < 4.78 is 13.7. The van der Waals surface area contributed by atoms with Crippen molar-refractivity contribution in [1.82, 2.24) is 4.90 Å². The van der Waals surface area contributed by atoms with E-state index in [9.17, 15) is 4.39 Å². The minimum Gasteiger partial charge on any atom is -0.328 e. The third-order valence-electron chi connectivity index (χ3n) is 3.99. The largest absolute Gasteiger partial charge is 0.328 e. The predicted octanol–water partition coefficient (Wildman–Crippen LogP) is 2.84. The number of rotatable bonds is 3. The first-order valence-electron chi connectivity index (χ1n) is 6.77. The zero-order valence-electron chi connectivity index (χ0n) is 11.3. The van der Waals surface area contributed by atoms with Gasteiger partial charge in [-0.1, -0.05) is 17.7 Å². The quantitative estimate of drug-likeness (QED) is 0.894. The van der Waals surface area contributed by atoms with Gasteiger partial charge < -0.3 is 5.73 Å². The molecule has 1 aromatic rings. The van der Waals surface area contributed by atoms with E-state index in [1.807, 2.05) is 19.1 Å². The molecule has 100 valence electrons. The van der Waals surface area contributed by atoms with Crippen molar-refractivity contribution < 1.29 is 4.39 Å². The summed E-state index contributed by atoms with van der Waals surface area (Å²) in [6.07, 6.45) is 4.44. The summed E-state index contributed by atoms with van der Waals surface area (Å²) in [5.74, 6) is -0.0973. The van der Waals surface area contributed by atoms with Gasteiger partial charge in [0.1, 0.15) is 5.82 Å². The Kier molecular flexibility index (Phi) is 4.36. The molecular formula is C15H23FN2. The summed E-state index contributed by atoms with van der Waals surface area (Å²) in [5.41, 5.74) is 7.83. The predicted molar refractivity (Wildman–Crippen MR) is 72.8 cm³/mol. The fourth-order valence-corrected chi connectivity index (χ4v) is 2.76. The van der Waals surface area contributed by atoms with Crippen molar-refractivity contribution in [3.05, 3.63) is 35.1 Å². The maximum atomic E-state index is 13.7. The van der Waals surface area contributed by atoms with Crippen molar-refractivity contribution >= 4 is 0 Å². The van der Waals surface area contributed by atoms with Gasteiger partial charge >= 0.3 is 0 Å². The minimum atomic E-state index is -0.0973. The molecule has 0 saturated heterocycles. The van der Waals surface area contributed by atoms with Crippen LogP contribution >= 0.6 is 0 Å². The Bertz CT molecular complexity index is 397. The molecule has 0 amide bonds. The first-order valence-corrected chi connectivity index (χ1v) is 6.77. The zero-order valence-corrected chi connectivity index (χ0v) is 11.3. The second-order valence-corrected chi connectivity index (χ2v) is 5.58. The van der Waals surface area contributed by atoms with Crippen LogP contribution in [0.25, 0.3) is 0 Å². The Morgan fingerprint density at radius 3 is 2.61 bits per heavy atom. The molecule has 0 aromatic heterocycles. The molecule has 18 heavy (non-hydrogen) atoms. The van der Waals surface area contributed by atoms with Crippen molar-refractivity contribution in [3.63, 3.8) is 0 Å². The highest BCUT2D eigenvalue weighted by Gasteiger charge is 2.22. The number of hydrogen-bond acceptors (Lipinski definition) is 2. The molecule has 1 saturated carbocycles. The minimum absolute atomic E-state index is 0.0973. The van der Waals surface area contributed by atoms with Gasteiger partial charge in [0.2, 0.25) is 0 Å². The summed E-state index contributed by atoms with van der Waals surface area (Å²) in [5, 5.41) is 0. The van der Waals surface area contributed by atoms with Crippen LogP contribution in [-0.4, -0.2) is 24.0 Å². The monoisotopic (exact) mass is 250 g/mol. The lowest BCUT2D eigenvalue weighted by Crippen LogP contribution is -2.38. The fraction of sp³-hybridized carbons (Fsp3) is 0.600. The van der Waals surface area contributed by atoms with Crippen molar-refractivity contribution in [2.45, 2.75) is 51.2 Å². The highest BCUT2D eigenvalue weighted by Crippen LogP contribution is 2.23. The van der Waals surface area contributed by atoms with Crippen LogP contribution in [0.15, 0.2) is 18.2 Å². The third kappa shape index (κ3) is 3.30. The average molecular weight is 250 g/mol. The molecule has 1 aromatic carbocycles. The van der Waals surface area contributed by atoms with Gasteiger partial charge in [-0.2, -0.15) is 0 Å². The van der Waals surface area contributed by atoms with Gasteiger partial charge in [0.25, 0.3) is 0 Å². The summed E-state index contributed by atoms with van der Waals surface area (Å²) in [7, 11) is 2.09. The number of nitrogens with two attached hydrogens (primary N) is 1. The van der Waals surface area contributed by atoms with E-state index in [1.54, 1.807) is 6.07 Å². The van der Waals surface area contributed by atoms with Crippen LogP contribution in [0, 0.1) is 12.7 Å². The second-order valence-electron chi connectivity index (χ2n) is 5.58. The summed E-state index contributed by atoms with van der Waals surface area (Å²) >= 11 is 0. The van der Waals surface area contributed by atoms with Crippen LogP contribution in [0.5, 0.6) is 0 Å². The van der Waals surface area contributed by atoms with Gasteiger partial charge in [0.15, 0.2) is 0 Å². The van der Waals surface area contributed by atoms with Gasteiger partial charge in [-0.15, -0.1) is 0 Å². The topological polar surface area (TPSA) is 29.3 Å². The molecule has 0 heterocycles. The van der Waals surface area contributed by atoms with E-state index in [4.69, 9.17) is 5.73 Å². The molecule has 1 fully saturated rings. The first kappa shape index (κ1) is 13.5. The standard InChI is InChI=1S/C15H23FN2/c1-11-3-8-15(16)12(9-11)10-18(2)14-6-4-13(17)5-7-14/h3,8-9,13-14H,4-7,10,17H2,1-2H3. The lowest BCUT2D eigenvalue weighted by Gasteiger charge is -2.33. The molecule has 0 aliphatic heterocycles. The van der Waals surface area contributed by atoms with Gasteiger partial charge in [0.05, 0.1) is 0 Å². The zero-order chi connectivity index (χ0) is 13.1. The van der Waals surface area contributed by atoms with Crippen LogP contribution in [0.4, 0.5) is 4.39 Å². The highest BCUT2D eigenvalue weighted by atomic mass is 19.1. The number of nitrogens with zero attached hydrogens (tertiary/aromatic N) is 1. The van der Waals surface area contributed by atoms with Crippen LogP contribution in [0.3, 0.4) is 0 Å². The van der Waals surface area contributed by atoms with Gasteiger partial charge in [-0.3, -0.25) is 4.90 Å². The first-order chi connectivity index (χ1) is 8.56. The third-order valence-corrected chi connectivity index (χ3v) is 3.99. The number of benzene rings is 1. The molecule has 2 rings (SSSR count). The van der Waals surface area contributed by atoms with E-state index in [0.717, 1.165) is 36.8 Å². The van der Waals surface area contributed by atoms with Crippen LogP contribution < -0.4 is 5.73 Å². The van der Waals surface area contributed by atoms with Gasteiger partial charge in [-0.25, -0.2) is 4.39 Å². The molecular weight excluding hydrogens is 227 g/mol. The van der Waals surface area contributed by atoms with Crippen LogP contribution in [0.1, 0.15) is 36.8 Å². The van der Waals surface area contributed by atoms with E-state index in [2.05, 4.69) is 11.9 Å². The average Bonchev–Trinajstić information content (AvgIpc) is 2.34. The Morgan fingerprint density at radius 2 is 1.94 bits per heavy atom. The second kappa shape index (κ2) is 5.81. The van der Waals surface area contributed by atoms with Crippen LogP contribution in [-0.2, 0) is 6.54 Å². The maximum Gasteiger partial charge on any atom is 0.127 e. The summed E-state index contributed by atoms with van der Waals surface area (Å²) in [4.78, 5) is 2.27. The number of hydrogen-bond donors (Lipinski definition) is 1. The fourth-order valence-electron chi connectivity index (χ4n) is 2.76. The van der Waals surface area contributed by atoms with Crippen molar-refractivity contribution in [3.8, 4) is 0 Å². The van der Waals surface area contributed by atoms with E-state index in [1.165, 1.54) is 0 Å². The lowest BCUT2D eigenvalue weighted by molar-refractivity contribution is 0.174. The Morgan fingerprint density at radius 1 is 1.28 bits per heavy atom. The molecule has 2 N–H and O–H groups in total. The highest BCUT2D eigenvalue weighted by molar-refractivity contribution is 5.24. The SMILES string of the molecule is Cc1ccc(F)c(CN(C)C2CCC(N)CC2)c1. The molecule has 2 nitrogen and oxygen atoms in total. The number of aryl methyl sites for hydroxylation is 1. The molecule has 0 spiro atoms. The van der Waals surface area contributed by atoms with Gasteiger partial charge in [-0.05, 0) is 45.7 Å². The molecule has 3 heteroatoms. The molecule has 1 aliphatic carbocycles. The van der Waals surface area contributed by atoms with Crippen LogP contribution in [0.2, 0.25) is 0 Å². The summed E-state index contributed by atoms with van der Waals surface area (Å²) in [6.45, 7) is 2.69. The molecule has 0 radical (unpaired) electrons. The molecule has 0 bridgehead atoms. The molecule has 0 unspecified atom stereocenters. The van der Waals surface area contributed by atoms with Gasteiger partial charge in [0, 0.05) is 24.2 Å². The van der Waals surface area contributed by atoms with E-state index < -0.39 is 0 Å². The Balaban J connectivity index is 1.98. The molecule has 0 atom stereocenters. The Hall–Kier alpha value is -0.930. The lowest BCUT2D eigenvalue weighted by atomic mass is 9.91. The smallest absolute Gasteiger partial charge is 0.127 e. The van der Waals surface area contributed by atoms with Crippen molar-refractivity contribution in [1.29, 1.82) is 0 Å².